The number of hydrogen-bond donors (Lipinski definition) is 4. The number of rotatable bonds is 9. The van der Waals surface area contributed by atoms with Gasteiger partial charge in [0.1, 0.15) is 0 Å². The lowest BCUT2D eigenvalue weighted by atomic mass is 10.2. The topological polar surface area (TPSA) is 88.7 Å². The number of carbonyl (C=O) groups excluding carboxylic acids is 2. The zero-order valence-electron chi connectivity index (χ0n) is 14.6. The van der Waals surface area contributed by atoms with Gasteiger partial charge < -0.3 is 10.6 Å². The number of hydrazine groups is 2. The van der Waals surface area contributed by atoms with Gasteiger partial charge in [0.25, 0.3) is 0 Å². The van der Waals surface area contributed by atoms with Gasteiger partial charge in [-0.25, -0.2) is 19.6 Å². The van der Waals surface area contributed by atoms with Gasteiger partial charge in [0, 0.05) is 39.3 Å². The highest BCUT2D eigenvalue weighted by atomic mass is 16.2. The molecule has 2 aliphatic heterocycles. The highest BCUT2D eigenvalue weighted by Gasteiger charge is 2.14. The van der Waals surface area contributed by atoms with Gasteiger partial charge >= 0.3 is 12.1 Å². The molecule has 0 bridgehead atoms. The Morgan fingerprint density at radius 2 is 1.00 bits per heavy atom. The first kappa shape index (κ1) is 18.8. The van der Waals surface area contributed by atoms with Crippen LogP contribution in [-0.2, 0) is 0 Å². The van der Waals surface area contributed by atoms with Gasteiger partial charge in [-0.15, -0.1) is 0 Å². The lowest BCUT2D eigenvalue weighted by Crippen LogP contribution is -2.46. The van der Waals surface area contributed by atoms with E-state index in [1.54, 1.807) is 0 Å². The lowest BCUT2D eigenvalue weighted by molar-refractivity contribution is 0.196. The van der Waals surface area contributed by atoms with Gasteiger partial charge in [-0.1, -0.05) is 12.8 Å². The summed E-state index contributed by atoms with van der Waals surface area (Å²) in [5, 5.41) is 9.70. The van der Waals surface area contributed by atoms with Crippen molar-refractivity contribution in [1.82, 2.24) is 31.5 Å². The van der Waals surface area contributed by atoms with E-state index in [4.69, 9.17) is 0 Å². The van der Waals surface area contributed by atoms with Gasteiger partial charge in [0.2, 0.25) is 0 Å². The third-order valence-corrected chi connectivity index (χ3v) is 4.41. The summed E-state index contributed by atoms with van der Waals surface area (Å²) in [5.41, 5.74) is 5.71. The molecule has 4 N–H and O–H groups in total. The van der Waals surface area contributed by atoms with Gasteiger partial charge in [-0.2, -0.15) is 0 Å². The highest BCUT2D eigenvalue weighted by molar-refractivity contribution is 5.73. The third-order valence-electron chi connectivity index (χ3n) is 4.41. The molecular formula is C16H32N6O2. The average molecular weight is 340 g/mol. The predicted octanol–water partition coefficient (Wildman–Crippen LogP) is 1.17. The van der Waals surface area contributed by atoms with Crippen molar-refractivity contribution in [1.29, 1.82) is 0 Å². The van der Waals surface area contributed by atoms with E-state index in [0.717, 1.165) is 77.5 Å². The molecule has 138 valence electrons. The lowest BCUT2D eigenvalue weighted by Gasteiger charge is -2.17. The summed E-state index contributed by atoms with van der Waals surface area (Å²) < 4.78 is 0. The second kappa shape index (κ2) is 11.1. The Balaban J connectivity index is 1.34. The molecule has 0 aromatic rings. The molecule has 0 aromatic carbocycles. The molecule has 4 amide bonds. The van der Waals surface area contributed by atoms with Gasteiger partial charge in [-0.3, -0.25) is 10.9 Å². The van der Waals surface area contributed by atoms with Gasteiger partial charge in [0.05, 0.1) is 0 Å². The number of amides is 4. The summed E-state index contributed by atoms with van der Waals surface area (Å²) in [6.07, 6.45) is 8.67. The summed E-state index contributed by atoms with van der Waals surface area (Å²) >= 11 is 0. The van der Waals surface area contributed by atoms with E-state index in [0.29, 0.717) is 13.1 Å². The molecule has 0 aliphatic carbocycles. The molecule has 2 rings (SSSR count). The summed E-state index contributed by atoms with van der Waals surface area (Å²) in [6.45, 7) is 5.19. The Morgan fingerprint density at radius 3 is 1.38 bits per heavy atom. The average Bonchev–Trinajstić information content (AvgIpc) is 3.23. The number of unbranched alkanes of at least 4 members (excludes halogenated alkanes) is 3. The SMILES string of the molecule is O=C(NCCCCCCNC(=O)NN1CCCC1)NN1CCCC1. The van der Waals surface area contributed by atoms with Crippen molar-refractivity contribution in [2.45, 2.75) is 51.4 Å². The van der Waals surface area contributed by atoms with Crippen molar-refractivity contribution in [3.63, 3.8) is 0 Å². The van der Waals surface area contributed by atoms with Crippen molar-refractivity contribution >= 4 is 12.1 Å². The second-order valence-electron chi connectivity index (χ2n) is 6.54. The molecule has 2 aliphatic rings. The first-order valence-corrected chi connectivity index (χ1v) is 9.33. The van der Waals surface area contributed by atoms with Crippen molar-refractivity contribution in [3.8, 4) is 0 Å². The normalized spacial score (nSPS) is 18.5. The number of carbonyl (C=O) groups is 2. The number of urea groups is 2. The van der Waals surface area contributed by atoms with Gasteiger partial charge in [-0.05, 0) is 38.5 Å². The van der Waals surface area contributed by atoms with Crippen LogP contribution in [0.2, 0.25) is 0 Å². The molecule has 24 heavy (non-hydrogen) atoms. The zero-order chi connectivity index (χ0) is 17.0. The van der Waals surface area contributed by atoms with Crippen molar-refractivity contribution in [2.24, 2.45) is 0 Å². The molecule has 8 nitrogen and oxygen atoms in total. The van der Waals surface area contributed by atoms with E-state index in [-0.39, 0.29) is 12.1 Å². The number of nitrogens with one attached hydrogen (secondary N) is 4. The fourth-order valence-corrected chi connectivity index (χ4v) is 3.03. The van der Waals surface area contributed by atoms with Crippen LogP contribution in [0.5, 0.6) is 0 Å². The van der Waals surface area contributed by atoms with E-state index < -0.39 is 0 Å². The van der Waals surface area contributed by atoms with Crippen molar-refractivity contribution in [3.05, 3.63) is 0 Å². The van der Waals surface area contributed by atoms with Crippen LogP contribution in [0.15, 0.2) is 0 Å². The predicted molar refractivity (Wildman–Crippen MR) is 93.2 cm³/mol. The van der Waals surface area contributed by atoms with E-state index in [2.05, 4.69) is 21.5 Å². The summed E-state index contributed by atoms with van der Waals surface area (Å²) in [6, 6.07) is -0.200. The maximum atomic E-state index is 11.6. The molecule has 2 fully saturated rings. The molecule has 0 spiro atoms. The van der Waals surface area contributed by atoms with Gasteiger partial charge in [0.15, 0.2) is 0 Å². The van der Waals surface area contributed by atoms with Crippen LogP contribution in [-0.4, -0.2) is 61.3 Å². The summed E-state index contributed by atoms with van der Waals surface area (Å²) in [7, 11) is 0. The van der Waals surface area contributed by atoms with E-state index in [9.17, 15) is 9.59 Å². The largest absolute Gasteiger partial charge is 0.337 e. The molecule has 0 unspecified atom stereocenters. The molecular weight excluding hydrogens is 308 g/mol. The summed E-state index contributed by atoms with van der Waals surface area (Å²) in [5.74, 6) is 0. The number of hydrogen-bond acceptors (Lipinski definition) is 4. The highest BCUT2D eigenvalue weighted by Crippen LogP contribution is 2.04. The standard InChI is InChI=1S/C16H32N6O2/c23-15(19-21-11-5-6-12-21)17-9-3-1-2-4-10-18-16(24)20-22-13-7-8-14-22/h1-14H2,(H2,17,19,23)(H2,18,20,24). The van der Waals surface area contributed by atoms with E-state index in [1.807, 2.05) is 10.0 Å². The maximum Gasteiger partial charge on any atom is 0.329 e. The number of nitrogens with zero attached hydrogens (tertiary/aromatic N) is 2. The Morgan fingerprint density at radius 1 is 0.625 bits per heavy atom. The van der Waals surface area contributed by atoms with Crippen molar-refractivity contribution < 1.29 is 9.59 Å². The minimum Gasteiger partial charge on any atom is -0.337 e. The Hall–Kier alpha value is -1.54. The smallest absolute Gasteiger partial charge is 0.329 e. The van der Waals surface area contributed by atoms with Crippen molar-refractivity contribution in [2.75, 3.05) is 39.3 Å². The van der Waals surface area contributed by atoms with Crippen LogP contribution < -0.4 is 21.5 Å². The molecule has 0 radical (unpaired) electrons. The quantitative estimate of drug-likeness (QED) is 0.474. The Labute approximate surface area is 144 Å². The summed E-state index contributed by atoms with van der Waals surface area (Å²) in [4.78, 5) is 23.3. The Bertz CT molecular complexity index is 345. The zero-order valence-corrected chi connectivity index (χ0v) is 14.6. The maximum absolute atomic E-state index is 11.6. The van der Waals surface area contributed by atoms with Crippen LogP contribution >= 0.6 is 0 Å². The molecule has 0 saturated carbocycles. The molecule has 2 saturated heterocycles. The minimum absolute atomic E-state index is 0.0999. The third kappa shape index (κ3) is 7.83. The van der Waals surface area contributed by atoms with Crippen LogP contribution in [0.25, 0.3) is 0 Å². The minimum atomic E-state index is -0.0999. The van der Waals surface area contributed by atoms with E-state index >= 15 is 0 Å². The monoisotopic (exact) mass is 340 g/mol. The fraction of sp³-hybridized carbons (Fsp3) is 0.875. The van der Waals surface area contributed by atoms with Crippen LogP contribution in [0.4, 0.5) is 9.59 Å². The molecule has 0 aromatic heterocycles. The van der Waals surface area contributed by atoms with Crippen LogP contribution in [0.3, 0.4) is 0 Å². The molecule has 2 heterocycles. The fourth-order valence-electron chi connectivity index (χ4n) is 3.03. The first-order valence-electron chi connectivity index (χ1n) is 9.33. The molecule has 0 atom stereocenters. The Kier molecular flexibility index (Phi) is 8.69. The van der Waals surface area contributed by atoms with Crippen LogP contribution in [0.1, 0.15) is 51.4 Å². The second-order valence-corrected chi connectivity index (χ2v) is 6.54. The molecule has 8 heteroatoms. The first-order chi connectivity index (χ1) is 11.7. The van der Waals surface area contributed by atoms with Crippen LogP contribution in [0, 0.1) is 0 Å². The van der Waals surface area contributed by atoms with E-state index in [1.165, 1.54) is 0 Å².